The summed E-state index contributed by atoms with van der Waals surface area (Å²) in [4.78, 5) is 0. The molecule has 0 aromatic rings. The lowest BCUT2D eigenvalue weighted by molar-refractivity contribution is 0.373. The quantitative estimate of drug-likeness (QED) is 0.687. The summed E-state index contributed by atoms with van der Waals surface area (Å²) in [5, 5.41) is 0. The van der Waals surface area contributed by atoms with Crippen molar-refractivity contribution in [2.45, 2.75) is 38.1 Å². The van der Waals surface area contributed by atoms with Crippen molar-refractivity contribution in [1.29, 1.82) is 0 Å². The van der Waals surface area contributed by atoms with Crippen LogP contribution in [0.5, 0.6) is 0 Å². The van der Waals surface area contributed by atoms with E-state index < -0.39 is 10.0 Å². The molecule has 0 aromatic heterocycles. The Bertz CT molecular complexity index is 260. The van der Waals surface area contributed by atoms with E-state index in [2.05, 4.69) is 0 Å². The summed E-state index contributed by atoms with van der Waals surface area (Å²) in [6.45, 7) is 0. The van der Waals surface area contributed by atoms with Crippen molar-refractivity contribution in [3.05, 3.63) is 0 Å². The van der Waals surface area contributed by atoms with Crippen LogP contribution in [0.4, 0.5) is 0 Å². The van der Waals surface area contributed by atoms with Gasteiger partial charge in [0.25, 0.3) is 0 Å². The smallest absolute Gasteiger partial charge is 0.212 e. The zero-order valence-electron chi connectivity index (χ0n) is 8.58. The van der Waals surface area contributed by atoms with Gasteiger partial charge in [0, 0.05) is 19.0 Å². The first-order chi connectivity index (χ1) is 6.58. The number of sulfonamides is 1. The summed E-state index contributed by atoms with van der Waals surface area (Å²) in [6.07, 6.45) is 4.87. The van der Waals surface area contributed by atoms with Gasteiger partial charge < -0.3 is 0 Å². The minimum Gasteiger partial charge on any atom is -0.212 e. The molecular formula is C9H18ClNO2S. The van der Waals surface area contributed by atoms with Crippen molar-refractivity contribution in [3.8, 4) is 0 Å². The highest BCUT2D eigenvalue weighted by Crippen LogP contribution is 2.24. The van der Waals surface area contributed by atoms with E-state index in [0.29, 0.717) is 12.3 Å². The molecule has 0 amide bonds. The predicted octanol–water partition coefficient (Wildman–Crippen LogP) is 1.82. The lowest BCUT2D eigenvalue weighted by Crippen LogP contribution is -2.36. The normalized spacial score (nSPS) is 19.4. The van der Waals surface area contributed by atoms with Gasteiger partial charge in [0.2, 0.25) is 10.0 Å². The molecule has 0 N–H and O–H groups in total. The van der Waals surface area contributed by atoms with Crippen LogP contribution in [0, 0.1) is 0 Å². The SMILES string of the molecule is CN(C1CCCC1)S(=O)(=O)CCCCl. The maximum absolute atomic E-state index is 11.7. The molecule has 1 saturated carbocycles. The Kier molecular flexibility index (Phi) is 4.67. The molecule has 1 aliphatic carbocycles. The van der Waals surface area contributed by atoms with Gasteiger partial charge in [0.1, 0.15) is 0 Å². The highest BCUT2D eigenvalue weighted by molar-refractivity contribution is 7.89. The van der Waals surface area contributed by atoms with E-state index in [1.165, 1.54) is 0 Å². The lowest BCUT2D eigenvalue weighted by atomic mass is 10.3. The summed E-state index contributed by atoms with van der Waals surface area (Å²) in [7, 11) is -1.36. The molecule has 0 radical (unpaired) electrons. The van der Waals surface area contributed by atoms with E-state index >= 15 is 0 Å². The van der Waals surface area contributed by atoms with Crippen LogP contribution in [0.1, 0.15) is 32.1 Å². The van der Waals surface area contributed by atoms with Gasteiger partial charge in [-0.15, -0.1) is 11.6 Å². The average Bonchev–Trinajstić information content (AvgIpc) is 2.66. The fourth-order valence-corrected chi connectivity index (χ4v) is 3.63. The van der Waals surface area contributed by atoms with Crippen molar-refractivity contribution in [2.24, 2.45) is 0 Å². The van der Waals surface area contributed by atoms with E-state index in [1.807, 2.05) is 0 Å². The largest absolute Gasteiger partial charge is 0.214 e. The fourth-order valence-electron chi connectivity index (χ4n) is 1.88. The summed E-state index contributed by atoms with van der Waals surface area (Å²) in [5.74, 6) is 0.598. The number of hydrogen-bond acceptors (Lipinski definition) is 2. The second-order valence-corrected chi connectivity index (χ2v) is 6.34. The number of hydrogen-bond donors (Lipinski definition) is 0. The van der Waals surface area contributed by atoms with Crippen molar-refractivity contribution >= 4 is 21.6 Å². The lowest BCUT2D eigenvalue weighted by Gasteiger charge is -2.23. The van der Waals surface area contributed by atoms with Crippen molar-refractivity contribution in [1.82, 2.24) is 4.31 Å². The Balaban J connectivity index is 2.52. The summed E-state index contributed by atoms with van der Waals surface area (Å²) in [6, 6.07) is 0.232. The maximum Gasteiger partial charge on any atom is 0.214 e. The van der Waals surface area contributed by atoms with Gasteiger partial charge in [-0.1, -0.05) is 12.8 Å². The van der Waals surface area contributed by atoms with E-state index in [0.717, 1.165) is 25.7 Å². The van der Waals surface area contributed by atoms with E-state index in [4.69, 9.17) is 11.6 Å². The van der Waals surface area contributed by atoms with Crippen molar-refractivity contribution in [2.75, 3.05) is 18.7 Å². The van der Waals surface area contributed by atoms with Crippen LogP contribution in [-0.2, 0) is 10.0 Å². The first-order valence-electron chi connectivity index (χ1n) is 5.09. The first-order valence-corrected chi connectivity index (χ1v) is 7.24. The van der Waals surface area contributed by atoms with E-state index in [-0.39, 0.29) is 11.8 Å². The summed E-state index contributed by atoms with van der Waals surface area (Å²) < 4.78 is 25.0. The maximum atomic E-state index is 11.7. The van der Waals surface area contributed by atoms with Crippen molar-refractivity contribution < 1.29 is 8.42 Å². The minimum absolute atomic E-state index is 0.184. The molecule has 0 bridgehead atoms. The Hall–Kier alpha value is 0.200. The predicted molar refractivity (Wildman–Crippen MR) is 59.1 cm³/mol. The Morgan fingerprint density at radius 3 is 2.43 bits per heavy atom. The van der Waals surface area contributed by atoms with Gasteiger partial charge in [-0.05, 0) is 19.3 Å². The standard InChI is InChI=1S/C9H18ClNO2S/c1-11(9-5-2-3-6-9)14(12,13)8-4-7-10/h9H,2-8H2,1H3. The van der Waals surface area contributed by atoms with Gasteiger partial charge in [-0.25, -0.2) is 12.7 Å². The highest BCUT2D eigenvalue weighted by atomic mass is 35.5. The number of nitrogens with zero attached hydrogens (tertiary/aromatic N) is 1. The second-order valence-electron chi connectivity index (χ2n) is 3.81. The van der Waals surface area contributed by atoms with Crippen LogP contribution in [-0.4, -0.2) is 37.4 Å². The van der Waals surface area contributed by atoms with Crippen LogP contribution in [0.15, 0.2) is 0 Å². The van der Waals surface area contributed by atoms with Crippen LogP contribution < -0.4 is 0 Å². The third kappa shape index (κ3) is 3.11. The molecule has 0 spiro atoms. The molecule has 0 heterocycles. The average molecular weight is 240 g/mol. The molecule has 14 heavy (non-hydrogen) atoms. The second kappa shape index (κ2) is 5.33. The molecular weight excluding hydrogens is 222 g/mol. The molecule has 84 valence electrons. The Morgan fingerprint density at radius 2 is 1.93 bits per heavy atom. The van der Waals surface area contributed by atoms with Gasteiger partial charge in [0.05, 0.1) is 5.75 Å². The topological polar surface area (TPSA) is 37.4 Å². The summed E-state index contributed by atoms with van der Waals surface area (Å²) in [5.41, 5.74) is 0. The van der Waals surface area contributed by atoms with Crippen molar-refractivity contribution in [3.63, 3.8) is 0 Å². The number of halogens is 1. The first kappa shape index (κ1) is 12.3. The molecule has 1 aliphatic rings. The Morgan fingerprint density at radius 1 is 1.36 bits per heavy atom. The molecule has 0 aliphatic heterocycles. The third-order valence-corrected chi connectivity index (χ3v) is 5.06. The van der Waals surface area contributed by atoms with Crippen LogP contribution in [0.2, 0.25) is 0 Å². The molecule has 5 heteroatoms. The van der Waals surface area contributed by atoms with Crippen LogP contribution in [0.3, 0.4) is 0 Å². The van der Waals surface area contributed by atoms with E-state index in [9.17, 15) is 8.42 Å². The van der Waals surface area contributed by atoms with Gasteiger partial charge in [-0.3, -0.25) is 0 Å². The zero-order valence-corrected chi connectivity index (χ0v) is 10.1. The molecule has 3 nitrogen and oxygen atoms in total. The molecule has 0 saturated heterocycles. The monoisotopic (exact) mass is 239 g/mol. The third-order valence-electron chi connectivity index (χ3n) is 2.81. The van der Waals surface area contributed by atoms with Gasteiger partial charge in [-0.2, -0.15) is 0 Å². The van der Waals surface area contributed by atoms with Crippen LogP contribution >= 0.6 is 11.6 Å². The molecule has 0 aromatic carbocycles. The highest BCUT2D eigenvalue weighted by Gasteiger charge is 2.27. The van der Waals surface area contributed by atoms with E-state index in [1.54, 1.807) is 11.4 Å². The summed E-state index contributed by atoms with van der Waals surface area (Å²) >= 11 is 5.49. The van der Waals surface area contributed by atoms with Gasteiger partial charge >= 0.3 is 0 Å². The molecule has 0 unspecified atom stereocenters. The number of alkyl halides is 1. The Labute approximate surface area is 91.5 Å². The fraction of sp³-hybridized carbons (Fsp3) is 1.00. The molecule has 0 atom stereocenters. The number of rotatable bonds is 5. The molecule has 1 rings (SSSR count). The zero-order chi connectivity index (χ0) is 10.6. The van der Waals surface area contributed by atoms with Gasteiger partial charge in [0.15, 0.2) is 0 Å². The van der Waals surface area contributed by atoms with Crippen LogP contribution in [0.25, 0.3) is 0 Å². The minimum atomic E-state index is -3.06. The molecule has 1 fully saturated rings.